The lowest BCUT2D eigenvalue weighted by Crippen LogP contribution is -2.28. The van der Waals surface area contributed by atoms with Crippen molar-refractivity contribution >= 4 is 44.0 Å². The lowest BCUT2D eigenvalue weighted by molar-refractivity contribution is -0.137. The summed E-state index contributed by atoms with van der Waals surface area (Å²) in [5, 5.41) is 3.86. The molecule has 1 amide bonds. The molecule has 1 heterocycles. The van der Waals surface area contributed by atoms with Crippen molar-refractivity contribution < 1.29 is 26.4 Å². The zero-order valence-electron chi connectivity index (χ0n) is 12.3. The van der Waals surface area contributed by atoms with Crippen molar-refractivity contribution in [1.82, 2.24) is 9.71 Å². The Balaban J connectivity index is 2.01. The average molecular weight is 414 g/mol. The quantitative estimate of drug-likeness (QED) is 0.761. The smallest absolute Gasteiger partial charge is 0.302 e. The highest BCUT2D eigenvalue weighted by Crippen LogP contribution is 2.35. The molecule has 12 heteroatoms. The van der Waals surface area contributed by atoms with Crippen LogP contribution in [-0.2, 0) is 21.0 Å². The highest BCUT2D eigenvalue weighted by Gasteiger charge is 2.34. The number of nitrogens with zero attached hydrogens (tertiary/aromatic N) is 1. The van der Waals surface area contributed by atoms with Crippen LogP contribution >= 0.6 is 22.9 Å². The number of carbonyl (C=O) groups is 1. The van der Waals surface area contributed by atoms with Crippen LogP contribution in [0.5, 0.6) is 0 Å². The minimum atomic E-state index is -4.78. The molecule has 0 spiro atoms. The van der Waals surface area contributed by atoms with E-state index in [-0.39, 0.29) is 13.0 Å². The molecule has 0 saturated carbocycles. The largest absolute Gasteiger partial charge is 0.417 e. The van der Waals surface area contributed by atoms with Crippen molar-refractivity contribution in [1.29, 1.82) is 0 Å². The minimum Gasteiger partial charge on any atom is -0.302 e. The van der Waals surface area contributed by atoms with Crippen LogP contribution in [0.3, 0.4) is 0 Å². The summed E-state index contributed by atoms with van der Waals surface area (Å²) < 4.78 is 64.6. The summed E-state index contributed by atoms with van der Waals surface area (Å²) in [4.78, 5) is 14.9. The fraction of sp³-hybridized carbons (Fsp3) is 0.231. The molecular formula is C13H11ClF3N3O3S2. The van der Waals surface area contributed by atoms with E-state index in [0.717, 1.165) is 12.1 Å². The van der Waals surface area contributed by atoms with Crippen molar-refractivity contribution in [2.24, 2.45) is 0 Å². The van der Waals surface area contributed by atoms with E-state index in [1.165, 1.54) is 17.5 Å². The maximum atomic E-state index is 12.8. The Labute approximate surface area is 150 Å². The Morgan fingerprint density at radius 2 is 2.04 bits per heavy atom. The molecule has 2 rings (SSSR count). The molecule has 0 radical (unpaired) electrons. The zero-order chi connectivity index (χ0) is 18.7. The molecule has 0 bridgehead atoms. The Kier molecular flexibility index (Phi) is 6.03. The number of rotatable bonds is 6. The molecule has 2 N–H and O–H groups in total. The van der Waals surface area contributed by atoms with E-state index in [2.05, 4.69) is 15.0 Å². The third-order valence-electron chi connectivity index (χ3n) is 2.88. The molecule has 0 aliphatic carbocycles. The Morgan fingerprint density at radius 3 is 2.64 bits per heavy atom. The van der Waals surface area contributed by atoms with E-state index in [1.807, 2.05) is 0 Å². The standard InChI is InChI=1S/C13H11ClF3N3O3S2/c14-10-2-1-8(7-9(10)13(15,16)17)25(22,23)19-4-3-11(21)20-12-18-5-6-24-12/h1-2,5-7,19H,3-4H2,(H,18,20,21). The first kappa shape index (κ1) is 19.6. The van der Waals surface area contributed by atoms with E-state index < -0.39 is 37.6 Å². The van der Waals surface area contributed by atoms with Crippen LogP contribution in [0.4, 0.5) is 18.3 Å². The number of alkyl halides is 3. The lowest BCUT2D eigenvalue weighted by Gasteiger charge is -2.12. The number of amides is 1. The van der Waals surface area contributed by atoms with Gasteiger partial charge >= 0.3 is 6.18 Å². The molecule has 0 saturated heterocycles. The summed E-state index contributed by atoms with van der Waals surface area (Å²) in [7, 11) is -4.22. The lowest BCUT2D eigenvalue weighted by atomic mass is 10.2. The van der Waals surface area contributed by atoms with Crippen LogP contribution in [-0.4, -0.2) is 25.9 Å². The number of halogens is 4. The third-order valence-corrected chi connectivity index (χ3v) is 5.35. The number of hydrogen-bond acceptors (Lipinski definition) is 5. The molecule has 1 aromatic carbocycles. The fourth-order valence-corrected chi connectivity index (χ4v) is 3.57. The maximum Gasteiger partial charge on any atom is 0.417 e. The van der Waals surface area contributed by atoms with E-state index in [1.54, 1.807) is 5.38 Å². The summed E-state index contributed by atoms with van der Waals surface area (Å²) in [6.45, 7) is -0.288. The van der Waals surface area contributed by atoms with Gasteiger partial charge in [0.25, 0.3) is 0 Å². The van der Waals surface area contributed by atoms with E-state index in [4.69, 9.17) is 11.6 Å². The van der Waals surface area contributed by atoms with Gasteiger partial charge in [-0.05, 0) is 18.2 Å². The summed E-state index contributed by atoms with van der Waals surface area (Å²) in [5.41, 5.74) is -1.25. The van der Waals surface area contributed by atoms with Crippen molar-refractivity contribution in [2.45, 2.75) is 17.5 Å². The number of benzene rings is 1. The van der Waals surface area contributed by atoms with Crippen LogP contribution in [0.15, 0.2) is 34.7 Å². The summed E-state index contributed by atoms with van der Waals surface area (Å²) >= 11 is 6.64. The van der Waals surface area contributed by atoms with Crippen LogP contribution in [0.2, 0.25) is 5.02 Å². The van der Waals surface area contributed by atoms with Gasteiger partial charge < -0.3 is 5.32 Å². The second kappa shape index (κ2) is 7.68. The highest BCUT2D eigenvalue weighted by molar-refractivity contribution is 7.89. The van der Waals surface area contributed by atoms with Crippen LogP contribution in [0, 0.1) is 0 Å². The van der Waals surface area contributed by atoms with Crippen LogP contribution in [0.25, 0.3) is 0 Å². The number of thiazole rings is 1. The fourth-order valence-electron chi connectivity index (χ4n) is 1.74. The third kappa shape index (κ3) is 5.39. The summed E-state index contributed by atoms with van der Waals surface area (Å²) in [6.07, 6.45) is -3.50. The van der Waals surface area contributed by atoms with Crippen molar-refractivity contribution in [3.63, 3.8) is 0 Å². The molecule has 25 heavy (non-hydrogen) atoms. The minimum absolute atomic E-state index is 0.210. The molecule has 0 unspecified atom stereocenters. The summed E-state index contributed by atoms with van der Waals surface area (Å²) in [6, 6.07) is 2.25. The Morgan fingerprint density at radius 1 is 1.32 bits per heavy atom. The van der Waals surface area contributed by atoms with E-state index in [0.29, 0.717) is 11.2 Å². The van der Waals surface area contributed by atoms with Gasteiger partial charge in [-0.2, -0.15) is 13.2 Å². The number of carbonyl (C=O) groups excluding carboxylic acids is 1. The number of nitrogens with one attached hydrogen (secondary N) is 2. The SMILES string of the molecule is O=C(CCNS(=O)(=O)c1ccc(Cl)c(C(F)(F)F)c1)Nc1nccs1. The number of aromatic nitrogens is 1. The van der Waals surface area contributed by atoms with Crippen molar-refractivity contribution in [3.05, 3.63) is 40.4 Å². The zero-order valence-corrected chi connectivity index (χ0v) is 14.7. The predicted molar refractivity (Wildman–Crippen MR) is 87.0 cm³/mol. The summed E-state index contributed by atoms with van der Waals surface area (Å²) in [5.74, 6) is -0.482. The van der Waals surface area contributed by atoms with Gasteiger partial charge in [-0.1, -0.05) is 11.6 Å². The Hall–Kier alpha value is -1.69. The topological polar surface area (TPSA) is 88.2 Å². The average Bonchev–Trinajstić information content (AvgIpc) is 2.98. The number of hydrogen-bond donors (Lipinski definition) is 2. The number of anilines is 1. The van der Waals surface area contributed by atoms with Gasteiger partial charge in [0.05, 0.1) is 15.5 Å². The predicted octanol–water partition coefficient (Wildman–Crippen LogP) is 3.12. The molecule has 0 aliphatic rings. The molecule has 0 aliphatic heterocycles. The van der Waals surface area contributed by atoms with Gasteiger partial charge in [-0.25, -0.2) is 18.1 Å². The molecule has 6 nitrogen and oxygen atoms in total. The van der Waals surface area contributed by atoms with Crippen LogP contribution in [0.1, 0.15) is 12.0 Å². The highest BCUT2D eigenvalue weighted by atomic mass is 35.5. The van der Waals surface area contributed by atoms with Gasteiger partial charge in [0, 0.05) is 24.5 Å². The van der Waals surface area contributed by atoms with Crippen LogP contribution < -0.4 is 10.0 Å². The van der Waals surface area contributed by atoms with E-state index >= 15 is 0 Å². The van der Waals surface area contributed by atoms with Gasteiger partial charge in [0.2, 0.25) is 15.9 Å². The molecular weight excluding hydrogens is 403 g/mol. The van der Waals surface area contributed by atoms with Crippen molar-refractivity contribution in [3.8, 4) is 0 Å². The molecule has 1 aromatic heterocycles. The first-order chi connectivity index (χ1) is 11.6. The second-order valence-electron chi connectivity index (χ2n) is 4.67. The van der Waals surface area contributed by atoms with E-state index in [9.17, 15) is 26.4 Å². The monoisotopic (exact) mass is 413 g/mol. The molecule has 0 atom stereocenters. The maximum absolute atomic E-state index is 12.8. The van der Waals surface area contributed by atoms with Gasteiger partial charge in [0.1, 0.15) is 0 Å². The van der Waals surface area contributed by atoms with Gasteiger partial charge in [-0.15, -0.1) is 11.3 Å². The first-order valence-electron chi connectivity index (χ1n) is 6.65. The molecule has 136 valence electrons. The number of sulfonamides is 1. The second-order valence-corrected chi connectivity index (χ2v) is 7.74. The van der Waals surface area contributed by atoms with Crippen molar-refractivity contribution in [2.75, 3.05) is 11.9 Å². The Bertz CT molecular complexity index is 855. The first-order valence-corrected chi connectivity index (χ1v) is 9.39. The molecule has 2 aromatic rings. The van der Waals surface area contributed by atoms with Gasteiger partial charge in [0.15, 0.2) is 5.13 Å². The normalized spacial score (nSPS) is 12.2. The van der Waals surface area contributed by atoms with Gasteiger partial charge in [-0.3, -0.25) is 4.79 Å². The molecule has 0 fully saturated rings.